The smallest absolute Gasteiger partial charge is 0.209 e. The first kappa shape index (κ1) is 18.5. The fraction of sp³-hybridized carbons (Fsp3) is 0.423. The van der Waals surface area contributed by atoms with Crippen molar-refractivity contribution < 1.29 is 9.31 Å². The molecule has 150 valence electrons. The Morgan fingerprint density at radius 3 is 2.59 bits per heavy atom. The Morgan fingerprint density at radius 1 is 1.07 bits per heavy atom. The Balaban J connectivity index is 1.60. The number of fused-ring (bicyclic) bond motifs is 1. The largest absolute Gasteiger partial charge is 0.496 e. The zero-order valence-corrected chi connectivity index (χ0v) is 18.1. The fourth-order valence-corrected chi connectivity index (χ4v) is 5.69. The molecule has 0 unspecified atom stereocenters. The van der Waals surface area contributed by atoms with Crippen molar-refractivity contribution in [1.29, 1.82) is 0 Å². The second-order valence-corrected chi connectivity index (χ2v) is 9.10. The van der Waals surface area contributed by atoms with Crippen LogP contribution < -0.4 is 9.64 Å². The van der Waals surface area contributed by atoms with Crippen molar-refractivity contribution in [2.75, 3.05) is 32.1 Å². The maximum absolute atomic E-state index is 5.97. The van der Waals surface area contributed by atoms with Gasteiger partial charge in [0.1, 0.15) is 12.8 Å². The minimum Gasteiger partial charge on any atom is -0.496 e. The zero-order chi connectivity index (χ0) is 20.2. The summed E-state index contributed by atoms with van der Waals surface area (Å²) in [5.74, 6) is 1.07. The summed E-state index contributed by atoms with van der Waals surface area (Å²) in [7, 11) is 4.00. The second-order valence-electron chi connectivity index (χ2n) is 9.10. The van der Waals surface area contributed by atoms with Crippen LogP contribution in [-0.4, -0.2) is 37.5 Å². The number of hydrogen-bond acceptors (Lipinski definition) is 2. The Bertz CT molecular complexity index is 1040. The van der Waals surface area contributed by atoms with Crippen molar-refractivity contribution in [3.05, 3.63) is 58.7 Å². The van der Waals surface area contributed by atoms with E-state index in [1.807, 2.05) is 7.11 Å². The molecule has 0 atom stereocenters. The molecule has 2 aromatic carbocycles. The van der Waals surface area contributed by atoms with E-state index in [-0.39, 0.29) is 5.41 Å². The summed E-state index contributed by atoms with van der Waals surface area (Å²) < 4.78 is 8.31. The maximum atomic E-state index is 5.97. The van der Waals surface area contributed by atoms with Crippen LogP contribution >= 0.6 is 0 Å². The summed E-state index contributed by atoms with van der Waals surface area (Å²) >= 11 is 0. The molecular weight excluding hydrogens is 356 g/mol. The van der Waals surface area contributed by atoms with Crippen LogP contribution in [-0.2, 0) is 18.3 Å². The molecule has 2 aromatic rings. The summed E-state index contributed by atoms with van der Waals surface area (Å²) in [6.45, 7) is 7.02. The van der Waals surface area contributed by atoms with Gasteiger partial charge in [-0.15, -0.1) is 0 Å². The van der Waals surface area contributed by atoms with Crippen molar-refractivity contribution >= 4 is 23.2 Å². The van der Waals surface area contributed by atoms with Crippen LogP contribution in [0.5, 0.6) is 5.75 Å². The third-order valence-electron chi connectivity index (χ3n) is 7.07. The van der Waals surface area contributed by atoms with Crippen molar-refractivity contribution in [1.82, 2.24) is 0 Å². The summed E-state index contributed by atoms with van der Waals surface area (Å²) in [5, 5.41) is 0. The fourth-order valence-electron chi connectivity index (χ4n) is 5.69. The number of allylic oxidation sites excluding steroid dienone is 1. The van der Waals surface area contributed by atoms with Crippen LogP contribution in [0, 0.1) is 0 Å². The van der Waals surface area contributed by atoms with E-state index in [0.717, 1.165) is 12.2 Å². The lowest BCUT2D eigenvalue weighted by atomic mass is 9.81. The molecule has 0 radical (unpaired) electrons. The lowest BCUT2D eigenvalue weighted by molar-refractivity contribution is -0.401. The summed E-state index contributed by atoms with van der Waals surface area (Å²) in [6.07, 6.45) is 9.36. The topological polar surface area (TPSA) is 15.5 Å². The highest BCUT2D eigenvalue weighted by Gasteiger charge is 2.42. The zero-order valence-electron chi connectivity index (χ0n) is 18.1. The van der Waals surface area contributed by atoms with Crippen molar-refractivity contribution in [2.45, 2.75) is 44.9 Å². The average Bonchev–Trinajstić information content (AvgIpc) is 2.93. The minimum absolute atomic E-state index is 0.00560. The molecule has 3 heteroatoms. The number of rotatable bonds is 3. The Hall–Kier alpha value is -2.55. The van der Waals surface area contributed by atoms with E-state index in [2.05, 4.69) is 72.9 Å². The highest BCUT2D eigenvalue weighted by Crippen LogP contribution is 2.43. The number of benzene rings is 2. The molecule has 3 nitrogen and oxygen atoms in total. The normalized spacial score (nSPS) is 19.5. The number of methoxy groups -OCH3 is 1. The number of ether oxygens (including phenoxy) is 1. The van der Waals surface area contributed by atoms with Gasteiger partial charge in [0.05, 0.1) is 12.5 Å². The summed E-state index contributed by atoms with van der Waals surface area (Å²) in [6, 6.07) is 11.1. The van der Waals surface area contributed by atoms with Gasteiger partial charge < -0.3 is 9.64 Å². The number of nitrogens with zero attached hydrogens (tertiary/aromatic N) is 2. The third kappa shape index (κ3) is 2.74. The number of aryl methyl sites for hydroxylation is 1. The van der Waals surface area contributed by atoms with Gasteiger partial charge in [0.15, 0.2) is 5.71 Å². The van der Waals surface area contributed by atoms with E-state index >= 15 is 0 Å². The molecule has 29 heavy (non-hydrogen) atoms. The van der Waals surface area contributed by atoms with Crippen LogP contribution in [0.25, 0.3) is 6.08 Å². The van der Waals surface area contributed by atoms with Crippen LogP contribution in [0.4, 0.5) is 11.4 Å². The van der Waals surface area contributed by atoms with Crippen LogP contribution in [0.15, 0.2) is 36.4 Å². The monoisotopic (exact) mass is 387 g/mol. The third-order valence-corrected chi connectivity index (χ3v) is 7.07. The predicted molar refractivity (Wildman–Crippen MR) is 121 cm³/mol. The first-order chi connectivity index (χ1) is 14.0. The van der Waals surface area contributed by atoms with Crippen molar-refractivity contribution in [3.63, 3.8) is 0 Å². The minimum atomic E-state index is -0.00560. The molecule has 3 heterocycles. The van der Waals surface area contributed by atoms with Crippen molar-refractivity contribution in [2.24, 2.45) is 0 Å². The molecule has 0 bridgehead atoms. The molecule has 5 rings (SSSR count). The molecule has 0 saturated heterocycles. The van der Waals surface area contributed by atoms with E-state index in [4.69, 9.17) is 4.74 Å². The van der Waals surface area contributed by atoms with Gasteiger partial charge in [-0.05, 0) is 57.2 Å². The van der Waals surface area contributed by atoms with Gasteiger partial charge in [0.25, 0.3) is 0 Å². The predicted octanol–water partition coefficient (Wildman–Crippen LogP) is 5.11. The highest BCUT2D eigenvalue weighted by atomic mass is 16.5. The highest BCUT2D eigenvalue weighted by molar-refractivity contribution is 6.05. The molecule has 0 aliphatic carbocycles. The van der Waals surface area contributed by atoms with Crippen LogP contribution in [0.1, 0.15) is 48.9 Å². The number of para-hydroxylation sites is 1. The van der Waals surface area contributed by atoms with Crippen LogP contribution in [0.2, 0.25) is 0 Å². The molecule has 0 saturated carbocycles. The average molecular weight is 388 g/mol. The Morgan fingerprint density at radius 2 is 1.83 bits per heavy atom. The summed E-state index contributed by atoms with van der Waals surface area (Å²) in [4.78, 5) is 2.58. The quantitative estimate of drug-likeness (QED) is 0.680. The molecule has 0 amide bonds. The molecular formula is C26H31N2O+. The Labute approximate surface area is 174 Å². The van der Waals surface area contributed by atoms with Crippen LogP contribution in [0.3, 0.4) is 0 Å². The number of hydrogen-bond donors (Lipinski definition) is 0. The van der Waals surface area contributed by atoms with Gasteiger partial charge in [-0.2, -0.15) is 4.58 Å². The maximum Gasteiger partial charge on any atom is 0.209 e. The van der Waals surface area contributed by atoms with E-state index in [0.29, 0.717) is 0 Å². The first-order valence-electron chi connectivity index (χ1n) is 10.9. The van der Waals surface area contributed by atoms with Gasteiger partial charge in [-0.3, -0.25) is 0 Å². The lowest BCUT2D eigenvalue weighted by Crippen LogP contribution is -2.34. The molecule has 0 fully saturated rings. The van der Waals surface area contributed by atoms with Gasteiger partial charge in [0.2, 0.25) is 5.69 Å². The lowest BCUT2D eigenvalue weighted by Gasteiger charge is -2.38. The van der Waals surface area contributed by atoms with E-state index < -0.39 is 0 Å². The Kier molecular flexibility index (Phi) is 4.31. The molecule has 0 N–H and O–H groups in total. The van der Waals surface area contributed by atoms with Gasteiger partial charge >= 0.3 is 0 Å². The SMILES string of the molecule is COc1c(/C=C/C2=[N+](C)c3ccccc3C2(C)C)cc2c3c1CCCN3CCC2. The van der Waals surface area contributed by atoms with E-state index in [1.54, 1.807) is 0 Å². The summed E-state index contributed by atoms with van der Waals surface area (Å²) in [5.41, 5.74) is 9.63. The van der Waals surface area contributed by atoms with Gasteiger partial charge in [-0.1, -0.05) is 18.2 Å². The molecule has 0 spiro atoms. The van der Waals surface area contributed by atoms with E-state index in [1.165, 1.54) is 71.7 Å². The van der Waals surface area contributed by atoms with Gasteiger partial charge in [-0.25, -0.2) is 0 Å². The number of anilines is 1. The molecule has 3 aliphatic heterocycles. The van der Waals surface area contributed by atoms with Gasteiger partial charge in [0, 0.05) is 47.6 Å². The standard InChI is InChI=1S/C26H31N2O/c1-26(2)21-11-5-6-12-22(21)27(3)23(26)14-13-19-17-18-9-7-15-28-16-8-10-20(24(18)28)25(19)29-4/h5-6,11-14,17H,7-10,15-16H2,1-4H3/q+1. The second kappa shape index (κ2) is 6.76. The molecule has 0 aromatic heterocycles. The molecule has 3 aliphatic rings. The first-order valence-corrected chi connectivity index (χ1v) is 10.9. The van der Waals surface area contributed by atoms with Crippen molar-refractivity contribution in [3.8, 4) is 5.75 Å². The van der Waals surface area contributed by atoms with E-state index in [9.17, 15) is 0 Å².